The number of rotatable bonds is 4. The molecule has 1 amide bonds. The number of fused-ring (bicyclic) bond motifs is 2. The van der Waals surface area contributed by atoms with Crippen LogP contribution in [0.25, 0.3) is 0 Å². The lowest BCUT2D eigenvalue weighted by Crippen LogP contribution is -2.20. The van der Waals surface area contributed by atoms with E-state index in [2.05, 4.69) is 10.5 Å². The third-order valence-electron chi connectivity index (χ3n) is 4.63. The Labute approximate surface area is 129 Å². The fourth-order valence-electron chi connectivity index (χ4n) is 3.59. The summed E-state index contributed by atoms with van der Waals surface area (Å²) < 4.78 is 5.17. The molecule has 2 bridgehead atoms. The Balaban J connectivity index is 1.63. The lowest BCUT2D eigenvalue weighted by atomic mass is 9.90. The van der Waals surface area contributed by atoms with Crippen LogP contribution in [0.5, 0.6) is 5.75 Å². The maximum atomic E-state index is 12.1. The molecule has 1 aromatic carbocycles. The monoisotopic (exact) mass is 306 g/mol. The molecule has 112 valence electrons. The first kappa shape index (κ1) is 14.4. The van der Waals surface area contributed by atoms with Crippen molar-refractivity contribution in [2.24, 2.45) is 22.9 Å². The molecule has 5 heteroatoms. The van der Waals surface area contributed by atoms with E-state index >= 15 is 0 Å². The molecular formula is C16H19ClN2O2. The zero-order valence-electron chi connectivity index (χ0n) is 12.0. The van der Waals surface area contributed by atoms with Crippen molar-refractivity contribution in [3.05, 3.63) is 28.8 Å². The van der Waals surface area contributed by atoms with Gasteiger partial charge in [-0.05, 0) is 55.2 Å². The molecule has 1 N–H and O–H groups in total. The molecule has 0 radical (unpaired) electrons. The minimum absolute atomic E-state index is 0.297. The van der Waals surface area contributed by atoms with Gasteiger partial charge in [0, 0.05) is 11.2 Å². The number of nitrogens with one attached hydrogen (secondary N) is 1. The highest BCUT2D eigenvalue weighted by Gasteiger charge is 2.38. The zero-order valence-corrected chi connectivity index (χ0v) is 12.8. The Kier molecular flexibility index (Phi) is 4.15. The van der Waals surface area contributed by atoms with Crippen molar-refractivity contribution in [3.63, 3.8) is 0 Å². The van der Waals surface area contributed by atoms with E-state index in [1.165, 1.54) is 32.8 Å². The number of carbonyl (C=O) groups excluding carboxylic acids is 1. The van der Waals surface area contributed by atoms with E-state index in [-0.39, 0.29) is 5.91 Å². The Morgan fingerprint density at radius 3 is 2.95 bits per heavy atom. The Hall–Kier alpha value is -1.55. The molecule has 0 aromatic heterocycles. The van der Waals surface area contributed by atoms with Gasteiger partial charge in [-0.2, -0.15) is 5.10 Å². The fourth-order valence-corrected chi connectivity index (χ4v) is 3.76. The van der Waals surface area contributed by atoms with Gasteiger partial charge in [0.05, 0.1) is 12.7 Å². The van der Waals surface area contributed by atoms with Crippen LogP contribution in [0.15, 0.2) is 23.3 Å². The average Bonchev–Trinajstić information content (AvgIpc) is 3.09. The molecule has 2 fully saturated rings. The molecule has 21 heavy (non-hydrogen) atoms. The maximum absolute atomic E-state index is 12.1. The first-order chi connectivity index (χ1) is 10.2. The molecule has 2 aliphatic carbocycles. The van der Waals surface area contributed by atoms with Crippen LogP contribution in [0.2, 0.25) is 5.02 Å². The third-order valence-corrected chi connectivity index (χ3v) is 4.87. The highest BCUT2D eigenvalue weighted by atomic mass is 35.5. The Morgan fingerprint density at radius 1 is 1.43 bits per heavy atom. The van der Waals surface area contributed by atoms with Crippen LogP contribution < -0.4 is 10.2 Å². The number of hydrogen-bond acceptors (Lipinski definition) is 3. The largest absolute Gasteiger partial charge is 0.496 e. The number of nitrogens with zero attached hydrogens (tertiary/aromatic N) is 1. The van der Waals surface area contributed by atoms with Gasteiger partial charge >= 0.3 is 0 Å². The van der Waals surface area contributed by atoms with Gasteiger partial charge in [-0.3, -0.25) is 4.79 Å². The smallest absolute Gasteiger partial charge is 0.275 e. The molecule has 3 rings (SSSR count). The van der Waals surface area contributed by atoms with Crippen LogP contribution >= 0.6 is 11.6 Å². The number of hydrazone groups is 1. The second kappa shape index (κ2) is 6.06. The van der Waals surface area contributed by atoms with Crippen molar-refractivity contribution < 1.29 is 9.53 Å². The lowest BCUT2D eigenvalue weighted by molar-refractivity contribution is 0.0952. The molecule has 0 saturated heterocycles. The van der Waals surface area contributed by atoms with Gasteiger partial charge in [0.15, 0.2) is 0 Å². The summed E-state index contributed by atoms with van der Waals surface area (Å²) in [5.41, 5.74) is 2.98. The standard InChI is InChI=1S/C16H19ClN2O2/c1-21-15-5-4-13(17)8-14(15)16(20)19-18-9-12-7-10-2-3-11(12)6-10/h4-5,8-12H,2-3,6-7H2,1H3,(H,19,20). The minimum atomic E-state index is -0.297. The number of halogens is 1. The van der Waals surface area contributed by atoms with Gasteiger partial charge in [0.1, 0.15) is 5.75 Å². The molecule has 0 spiro atoms. The van der Waals surface area contributed by atoms with Gasteiger partial charge in [0.2, 0.25) is 0 Å². The van der Waals surface area contributed by atoms with E-state index < -0.39 is 0 Å². The summed E-state index contributed by atoms with van der Waals surface area (Å²) in [6.45, 7) is 0. The molecule has 3 unspecified atom stereocenters. The summed E-state index contributed by atoms with van der Waals surface area (Å²) >= 11 is 5.92. The summed E-state index contributed by atoms with van der Waals surface area (Å²) in [5, 5.41) is 4.63. The normalized spacial score (nSPS) is 27.2. The van der Waals surface area contributed by atoms with Gasteiger partial charge in [0.25, 0.3) is 5.91 Å². The van der Waals surface area contributed by atoms with Crippen molar-refractivity contribution in [2.75, 3.05) is 7.11 Å². The quantitative estimate of drug-likeness (QED) is 0.683. The van der Waals surface area contributed by atoms with Crippen LogP contribution in [0.3, 0.4) is 0 Å². The summed E-state index contributed by atoms with van der Waals surface area (Å²) in [7, 11) is 1.53. The number of ether oxygens (including phenoxy) is 1. The SMILES string of the molecule is COc1ccc(Cl)cc1C(=O)NN=CC1CC2CCC1C2. The van der Waals surface area contributed by atoms with Crippen LogP contribution in [0, 0.1) is 17.8 Å². The van der Waals surface area contributed by atoms with Crippen molar-refractivity contribution in [1.82, 2.24) is 5.43 Å². The van der Waals surface area contributed by atoms with E-state index in [1.807, 2.05) is 6.21 Å². The van der Waals surface area contributed by atoms with Crippen LogP contribution in [0.4, 0.5) is 0 Å². The van der Waals surface area contributed by atoms with Crippen molar-refractivity contribution >= 4 is 23.7 Å². The highest BCUT2D eigenvalue weighted by molar-refractivity contribution is 6.31. The number of amides is 1. The predicted octanol–water partition coefficient (Wildman–Crippen LogP) is 3.50. The number of benzene rings is 1. The first-order valence-corrected chi connectivity index (χ1v) is 7.72. The second-order valence-corrected chi connectivity index (χ2v) is 6.34. The average molecular weight is 307 g/mol. The second-order valence-electron chi connectivity index (χ2n) is 5.90. The molecule has 1 aromatic rings. The number of carbonyl (C=O) groups is 1. The van der Waals surface area contributed by atoms with Crippen molar-refractivity contribution in [3.8, 4) is 5.75 Å². The molecular weight excluding hydrogens is 288 g/mol. The van der Waals surface area contributed by atoms with Crippen molar-refractivity contribution in [1.29, 1.82) is 0 Å². The molecule has 0 heterocycles. The van der Waals surface area contributed by atoms with Crippen LogP contribution in [0.1, 0.15) is 36.0 Å². The van der Waals surface area contributed by atoms with Gasteiger partial charge < -0.3 is 4.74 Å². The van der Waals surface area contributed by atoms with E-state index in [0.29, 0.717) is 22.3 Å². The topological polar surface area (TPSA) is 50.7 Å². The minimum Gasteiger partial charge on any atom is -0.496 e. The summed E-state index contributed by atoms with van der Waals surface area (Å²) in [5.74, 6) is 2.35. The van der Waals surface area contributed by atoms with E-state index in [1.54, 1.807) is 18.2 Å². The van der Waals surface area contributed by atoms with Crippen LogP contribution in [-0.2, 0) is 0 Å². The molecule has 0 aliphatic heterocycles. The van der Waals surface area contributed by atoms with E-state index in [9.17, 15) is 4.79 Å². The summed E-state index contributed by atoms with van der Waals surface area (Å²) in [4.78, 5) is 12.1. The summed E-state index contributed by atoms with van der Waals surface area (Å²) in [6.07, 6.45) is 7.11. The Morgan fingerprint density at radius 2 is 2.29 bits per heavy atom. The number of hydrogen-bond donors (Lipinski definition) is 1. The number of methoxy groups -OCH3 is 1. The van der Waals surface area contributed by atoms with E-state index in [0.717, 1.165) is 11.8 Å². The molecule has 2 saturated carbocycles. The molecule has 2 aliphatic rings. The van der Waals surface area contributed by atoms with Gasteiger partial charge in [-0.25, -0.2) is 5.43 Å². The molecule has 4 nitrogen and oxygen atoms in total. The van der Waals surface area contributed by atoms with Gasteiger partial charge in [-0.1, -0.05) is 18.0 Å². The molecule has 3 atom stereocenters. The van der Waals surface area contributed by atoms with Gasteiger partial charge in [-0.15, -0.1) is 0 Å². The zero-order chi connectivity index (χ0) is 14.8. The summed E-state index contributed by atoms with van der Waals surface area (Å²) in [6, 6.07) is 4.95. The van der Waals surface area contributed by atoms with Crippen LogP contribution in [-0.4, -0.2) is 19.2 Å². The predicted molar refractivity (Wildman–Crippen MR) is 82.9 cm³/mol. The van der Waals surface area contributed by atoms with E-state index in [4.69, 9.17) is 16.3 Å². The highest BCUT2D eigenvalue weighted by Crippen LogP contribution is 2.47. The fraction of sp³-hybridized carbons (Fsp3) is 0.500. The Bertz CT molecular complexity index is 573. The third kappa shape index (κ3) is 3.05. The maximum Gasteiger partial charge on any atom is 0.275 e. The first-order valence-electron chi connectivity index (χ1n) is 7.34. The van der Waals surface area contributed by atoms with Crippen molar-refractivity contribution in [2.45, 2.75) is 25.7 Å². The lowest BCUT2D eigenvalue weighted by Gasteiger charge is -2.16.